The molecule has 0 aliphatic heterocycles. The fourth-order valence-corrected chi connectivity index (χ4v) is 2.08. The lowest BCUT2D eigenvalue weighted by atomic mass is 10.1. The zero-order chi connectivity index (χ0) is 11.1. The van der Waals surface area contributed by atoms with E-state index in [1.54, 1.807) is 0 Å². The summed E-state index contributed by atoms with van der Waals surface area (Å²) in [6, 6.07) is 9.41. The highest BCUT2D eigenvalue weighted by Crippen LogP contribution is 2.17. The van der Waals surface area contributed by atoms with Crippen LogP contribution in [0.2, 0.25) is 0 Å². The summed E-state index contributed by atoms with van der Waals surface area (Å²) >= 11 is 7.59. The average molecular weight is 244 g/mol. The van der Waals surface area contributed by atoms with Crippen LogP contribution in [0.1, 0.15) is 12.5 Å². The molecule has 0 bridgehead atoms. The van der Waals surface area contributed by atoms with Crippen molar-refractivity contribution in [2.45, 2.75) is 18.2 Å². The van der Waals surface area contributed by atoms with Gasteiger partial charge in [0, 0.05) is 11.4 Å². The molecule has 1 rings (SSSR count). The molecule has 0 aromatic heterocycles. The van der Waals surface area contributed by atoms with Crippen molar-refractivity contribution in [3.05, 3.63) is 29.8 Å². The number of hydrogen-bond donors (Lipinski definition) is 0. The van der Waals surface area contributed by atoms with Crippen LogP contribution in [0.3, 0.4) is 0 Å². The van der Waals surface area contributed by atoms with Gasteiger partial charge in [-0.25, -0.2) is 0 Å². The number of likely N-dealkylation sites (N-methyl/N-ethyl adjacent to an activating group) is 1. The quantitative estimate of drug-likeness (QED) is 0.428. The van der Waals surface area contributed by atoms with Crippen LogP contribution >= 0.6 is 23.4 Å². The van der Waals surface area contributed by atoms with E-state index in [4.69, 9.17) is 11.6 Å². The molecule has 1 aromatic carbocycles. The number of alkyl halides is 1. The van der Waals surface area contributed by atoms with Crippen LogP contribution in [0.25, 0.3) is 0 Å². The Morgan fingerprint density at radius 1 is 1.27 bits per heavy atom. The van der Waals surface area contributed by atoms with Gasteiger partial charge in [0.1, 0.15) is 0 Å². The molecule has 0 aliphatic carbocycles. The number of thioether (sulfide) groups is 1. The van der Waals surface area contributed by atoms with Gasteiger partial charge in [-0.3, -0.25) is 4.90 Å². The molecule has 0 heterocycles. The van der Waals surface area contributed by atoms with Gasteiger partial charge < -0.3 is 0 Å². The fourth-order valence-electron chi connectivity index (χ4n) is 1.30. The predicted molar refractivity (Wildman–Crippen MR) is 69.9 cm³/mol. The predicted octanol–water partition coefficient (Wildman–Crippen LogP) is 3.47. The van der Waals surface area contributed by atoms with Gasteiger partial charge >= 0.3 is 0 Å². The monoisotopic (exact) mass is 243 g/mol. The molecule has 1 nitrogen and oxygen atoms in total. The van der Waals surface area contributed by atoms with E-state index in [1.165, 1.54) is 10.5 Å². The number of nitrogens with zero attached hydrogens (tertiary/aromatic N) is 1. The van der Waals surface area contributed by atoms with Crippen molar-refractivity contribution in [1.29, 1.82) is 0 Å². The second-order valence-electron chi connectivity index (χ2n) is 3.53. The Labute approximate surface area is 102 Å². The minimum Gasteiger partial charge on any atom is -0.293 e. The van der Waals surface area contributed by atoms with Gasteiger partial charge in [0.05, 0.1) is 6.00 Å². The Hall–Kier alpha value is -0.180. The first-order chi connectivity index (χ1) is 7.26. The van der Waals surface area contributed by atoms with E-state index in [1.807, 2.05) is 18.8 Å². The number of hydrogen-bond acceptors (Lipinski definition) is 2. The molecular formula is C12H18ClNS. The van der Waals surface area contributed by atoms with Gasteiger partial charge in [0.15, 0.2) is 0 Å². The third-order valence-electron chi connectivity index (χ3n) is 2.22. The lowest BCUT2D eigenvalue weighted by Crippen LogP contribution is -2.19. The van der Waals surface area contributed by atoms with Crippen molar-refractivity contribution in [2.24, 2.45) is 0 Å². The molecule has 84 valence electrons. The van der Waals surface area contributed by atoms with Crippen LogP contribution in [-0.4, -0.2) is 30.2 Å². The van der Waals surface area contributed by atoms with Crippen LogP contribution < -0.4 is 0 Å². The Morgan fingerprint density at radius 3 is 2.47 bits per heavy atom. The molecule has 0 N–H and O–H groups in total. The summed E-state index contributed by atoms with van der Waals surface area (Å²) < 4.78 is 0. The van der Waals surface area contributed by atoms with E-state index >= 15 is 0 Å². The third-order valence-corrected chi connectivity index (χ3v) is 3.52. The molecule has 0 fully saturated rings. The molecule has 3 heteroatoms. The number of halogens is 1. The van der Waals surface area contributed by atoms with Crippen LogP contribution in [0.4, 0.5) is 0 Å². The highest BCUT2D eigenvalue weighted by Gasteiger charge is 1.98. The van der Waals surface area contributed by atoms with E-state index < -0.39 is 0 Å². The topological polar surface area (TPSA) is 3.24 Å². The summed E-state index contributed by atoms with van der Waals surface area (Å²) in [6.45, 7) is 3.19. The Balaban J connectivity index is 2.42. The summed E-state index contributed by atoms with van der Waals surface area (Å²) in [7, 11) is 2.04. The first-order valence-electron chi connectivity index (χ1n) is 5.22. The molecule has 0 aliphatic rings. The van der Waals surface area contributed by atoms with Crippen molar-refractivity contribution in [1.82, 2.24) is 4.90 Å². The molecule has 0 unspecified atom stereocenters. The molecule has 1 aromatic rings. The SMILES string of the molecule is CCSc1ccc(CCN(C)CCl)cc1. The Bertz CT molecular complexity index is 273. The molecular weight excluding hydrogens is 226 g/mol. The second-order valence-corrected chi connectivity index (χ2v) is 5.10. The molecule has 0 saturated carbocycles. The van der Waals surface area contributed by atoms with E-state index in [-0.39, 0.29) is 0 Å². The van der Waals surface area contributed by atoms with E-state index in [0.29, 0.717) is 6.00 Å². The van der Waals surface area contributed by atoms with Crippen LogP contribution in [0, 0.1) is 0 Å². The minimum absolute atomic E-state index is 0.601. The fraction of sp³-hybridized carbons (Fsp3) is 0.500. The molecule has 0 saturated heterocycles. The smallest absolute Gasteiger partial charge is 0.0736 e. The minimum atomic E-state index is 0.601. The summed E-state index contributed by atoms with van der Waals surface area (Å²) in [5.74, 6) is 1.13. The van der Waals surface area contributed by atoms with Crippen LogP contribution in [0.15, 0.2) is 29.2 Å². The van der Waals surface area contributed by atoms with Crippen LogP contribution in [0.5, 0.6) is 0 Å². The van der Waals surface area contributed by atoms with Gasteiger partial charge in [-0.15, -0.1) is 23.4 Å². The van der Waals surface area contributed by atoms with Gasteiger partial charge in [-0.2, -0.15) is 0 Å². The van der Waals surface area contributed by atoms with Crippen LogP contribution in [-0.2, 0) is 6.42 Å². The van der Waals surface area contributed by atoms with Crippen molar-refractivity contribution < 1.29 is 0 Å². The highest BCUT2D eigenvalue weighted by atomic mass is 35.5. The second kappa shape index (κ2) is 7.15. The zero-order valence-corrected chi connectivity index (χ0v) is 10.9. The van der Waals surface area contributed by atoms with Gasteiger partial charge in [0.2, 0.25) is 0 Å². The summed E-state index contributed by atoms with van der Waals surface area (Å²) in [4.78, 5) is 3.46. The summed E-state index contributed by atoms with van der Waals surface area (Å²) in [6.07, 6.45) is 1.07. The maximum Gasteiger partial charge on any atom is 0.0736 e. The first-order valence-corrected chi connectivity index (χ1v) is 6.74. The Morgan fingerprint density at radius 2 is 1.93 bits per heavy atom. The maximum atomic E-state index is 5.71. The lowest BCUT2D eigenvalue weighted by molar-refractivity contribution is 0.394. The molecule has 0 atom stereocenters. The zero-order valence-electron chi connectivity index (χ0n) is 9.37. The molecule has 15 heavy (non-hydrogen) atoms. The summed E-state index contributed by atoms with van der Waals surface area (Å²) in [5, 5.41) is 0. The van der Waals surface area contributed by atoms with Crippen molar-refractivity contribution in [3.63, 3.8) is 0 Å². The lowest BCUT2D eigenvalue weighted by Gasteiger charge is -2.12. The standard InChI is InChI=1S/C12H18ClNS/c1-3-15-12-6-4-11(5-7-12)8-9-14(2)10-13/h4-7H,3,8-10H2,1-2H3. The largest absolute Gasteiger partial charge is 0.293 e. The highest BCUT2D eigenvalue weighted by molar-refractivity contribution is 7.99. The van der Waals surface area contributed by atoms with Gasteiger partial charge in [-0.1, -0.05) is 19.1 Å². The summed E-state index contributed by atoms with van der Waals surface area (Å²) in [5.41, 5.74) is 1.38. The van der Waals surface area contributed by atoms with Crippen molar-refractivity contribution in [3.8, 4) is 0 Å². The maximum absolute atomic E-state index is 5.71. The van der Waals surface area contributed by atoms with Crippen molar-refractivity contribution in [2.75, 3.05) is 25.3 Å². The van der Waals surface area contributed by atoms with Crippen molar-refractivity contribution >= 4 is 23.4 Å². The van der Waals surface area contributed by atoms with E-state index in [2.05, 4.69) is 36.1 Å². The average Bonchev–Trinajstić information content (AvgIpc) is 2.28. The normalized spacial score (nSPS) is 10.9. The molecule has 0 radical (unpaired) electrons. The van der Waals surface area contributed by atoms with Gasteiger partial charge in [-0.05, 0) is 36.9 Å². The third kappa shape index (κ3) is 4.92. The molecule has 0 spiro atoms. The molecule has 0 amide bonds. The van der Waals surface area contributed by atoms with Gasteiger partial charge in [0.25, 0.3) is 0 Å². The van der Waals surface area contributed by atoms with E-state index in [0.717, 1.165) is 18.7 Å². The Kier molecular flexibility index (Phi) is 6.15. The first kappa shape index (κ1) is 12.9. The number of benzene rings is 1. The number of rotatable bonds is 6. The van der Waals surface area contributed by atoms with E-state index in [9.17, 15) is 0 Å².